The highest BCUT2D eigenvalue weighted by Crippen LogP contribution is 2.24. The molecule has 0 fully saturated rings. The van der Waals surface area contributed by atoms with Crippen LogP contribution in [0.3, 0.4) is 0 Å². The van der Waals surface area contributed by atoms with E-state index in [0.717, 1.165) is 24.1 Å². The van der Waals surface area contributed by atoms with Crippen LogP contribution in [0.2, 0.25) is 0 Å². The second-order valence-corrected chi connectivity index (χ2v) is 3.82. The molecule has 0 saturated carbocycles. The first-order valence-electron chi connectivity index (χ1n) is 5.29. The van der Waals surface area contributed by atoms with Gasteiger partial charge in [0.2, 0.25) is 0 Å². The number of hydrogen-bond donors (Lipinski definition) is 3. The Morgan fingerprint density at radius 3 is 2.80 bits per heavy atom. The van der Waals surface area contributed by atoms with E-state index in [9.17, 15) is 5.11 Å². The summed E-state index contributed by atoms with van der Waals surface area (Å²) < 4.78 is 0. The lowest BCUT2D eigenvalue weighted by Crippen LogP contribution is -2.20. The van der Waals surface area contributed by atoms with E-state index in [0.29, 0.717) is 5.75 Å². The smallest absolute Gasteiger partial charge is 0.120 e. The second kappa shape index (κ2) is 5.73. The van der Waals surface area contributed by atoms with Crippen molar-refractivity contribution in [1.29, 1.82) is 0 Å². The molecule has 0 aliphatic carbocycles. The van der Waals surface area contributed by atoms with Gasteiger partial charge in [0.1, 0.15) is 5.75 Å². The van der Waals surface area contributed by atoms with Gasteiger partial charge < -0.3 is 15.5 Å². The molecule has 1 aromatic rings. The van der Waals surface area contributed by atoms with E-state index in [1.807, 2.05) is 26.0 Å². The largest absolute Gasteiger partial charge is 0.508 e. The van der Waals surface area contributed by atoms with Gasteiger partial charge in [-0.05, 0) is 32.9 Å². The van der Waals surface area contributed by atoms with Gasteiger partial charge in [-0.15, -0.1) is 0 Å². The van der Waals surface area contributed by atoms with E-state index in [1.165, 1.54) is 0 Å². The summed E-state index contributed by atoms with van der Waals surface area (Å²) in [5, 5.41) is 21.6. The standard InChI is InChI=1S/C12H19NO2/c1-9-4-5-12(15)11(8-9)10(2)13-6-3-7-14/h4-5,8,10,13-15H,3,6-7H2,1-2H3. The number of rotatable bonds is 5. The van der Waals surface area contributed by atoms with Crippen molar-refractivity contribution in [1.82, 2.24) is 5.32 Å². The van der Waals surface area contributed by atoms with Crippen LogP contribution < -0.4 is 5.32 Å². The molecule has 0 aromatic heterocycles. The quantitative estimate of drug-likeness (QED) is 0.647. The lowest BCUT2D eigenvalue weighted by atomic mass is 10.0. The van der Waals surface area contributed by atoms with Gasteiger partial charge in [-0.25, -0.2) is 0 Å². The molecule has 0 saturated heterocycles. The van der Waals surface area contributed by atoms with E-state index < -0.39 is 0 Å². The summed E-state index contributed by atoms with van der Waals surface area (Å²) in [6.45, 7) is 4.96. The summed E-state index contributed by atoms with van der Waals surface area (Å²) in [4.78, 5) is 0. The molecule has 1 rings (SSSR count). The summed E-state index contributed by atoms with van der Waals surface area (Å²) in [5.74, 6) is 0.324. The van der Waals surface area contributed by atoms with Gasteiger partial charge in [-0.1, -0.05) is 17.7 Å². The predicted molar refractivity (Wildman–Crippen MR) is 61.0 cm³/mol. The average molecular weight is 209 g/mol. The van der Waals surface area contributed by atoms with Crippen molar-refractivity contribution in [2.75, 3.05) is 13.2 Å². The minimum atomic E-state index is 0.108. The number of aryl methyl sites for hydroxylation is 1. The lowest BCUT2D eigenvalue weighted by molar-refractivity contribution is 0.283. The number of phenolic OH excluding ortho intramolecular Hbond substituents is 1. The van der Waals surface area contributed by atoms with Crippen LogP contribution in [0.25, 0.3) is 0 Å². The Morgan fingerprint density at radius 2 is 2.13 bits per heavy atom. The van der Waals surface area contributed by atoms with Gasteiger partial charge in [-0.3, -0.25) is 0 Å². The maximum Gasteiger partial charge on any atom is 0.120 e. The molecule has 84 valence electrons. The van der Waals surface area contributed by atoms with Gasteiger partial charge in [0.05, 0.1) is 0 Å². The fourth-order valence-corrected chi connectivity index (χ4v) is 1.53. The summed E-state index contributed by atoms with van der Waals surface area (Å²) in [6, 6.07) is 5.69. The van der Waals surface area contributed by atoms with Crippen LogP contribution in [0, 0.1) is 6.92 Å². The van der Waals surface area contributed by atoms with E-state index in [1.54, 1.807) is 6.07 Å². The van der Waals surface area contributed by atoms with Crippen molar-refractivity contribution in [3.05, 3.63) is 29.3 Å². The van der Waals surface area contributed by atoms with Gasteiger partial charge in [-0.2, -0.15) is 0 Å². The molecular weight excluding hydrogens is 190 g/mol. The average Bonchev–Trinajstić information content (AvgIpc) is 2.22. The number of benzene rings is 1. The zero-order valence-corrected chi connectivity index (χ0v) is 9.33. The molecule has 1 unspecified atom stereocenters. The Kier molecular flexibility index (Phi) is 4.59. The number of aliphatic hydroxyl groups excluding tert-OH is 1. The monoisotopic (exact) mass is 209 g/mol. The summed E-state index contributed by atoms with van der Waals surface area (Å²) in [7, 11) is 0. The number of phenols is 1. The number of aliphatic hydroxyl groups is 1. The maximum absolute atomic E-state index is 9.67. The van der Waals surface area contributed by atoms with Crippen molar-refractivity contribution >= 4 is 0 Å². The summed E-state index contributed by atoms with van der Waals surface area (Å²) >= 11 is 0. The van der Waals surface area contributed by atoms with Crippen LogP contribution in [0.1, 0.15) is 30.5 Å². The lowest BCUT2D eigenvalue weighted by Gasteiger charge is -2.15. The topological polar surface area (TPSA) is 52.5 Å². The molecule has 0 bridgehead atoms. The van der Waals surface area contributed by atoms with E-state index in [-0.39, 0.29) is 12.6 Å². The van der Waals surface area contributed by atoms with Crippen molar-refractivity contribution < 1.29 is 10.2 Å². The Hall–Kier alpha value is -1.06. The number of nitrogens with one attached hydrogen (secondary N) is 1. The van der Waals surface area contributed by atoms with Crippen LogP contribution in [0.4, 0.5) is 0 Å². The Morgan fingerprint density at radius 1 is 1.40 bits per heavy atom. The second-order valence-electron chi connectivity index (χ2n) is 3.82. The minimum Gasteiger partial charge on any atom is -0.508 e. The van der Waals surface area contributed by atoms with Crippen molar-refractivity contribution in [3.63, 3.8) is 0 Å². The summed E-state index contributed by atoms with van der Waals surface area (Å²) in [6.07, 6.45) is 0.733. The summed E-state index contributed by atoms with van der Waals surface area (Å²) in [5.41, 5.74) is 2.05. The third-order valence-electron chi connectivity index (χ3n) is 2.43. The highest BCUT2D eigenvalue weighted by Gasteiger charge is 2.09. The SMILES string of the molecule is Cc1ccc(O)c(C(C)NCCCO)c1. The van der Waals surface area contributed by atoms with Crippen molar-refractivity contribution in [3.8, 4) is 5.75 Å². The molecular formula is C12H19NO2. The third-order valence-corrected chi connectivity index (χ3v) is 2.43. The van der Waals surface area contributed by atoms with Crippen LogP contribution in [-0.4, -0.2) is 23.4 Å². The van der Waals surface area contributed by atoms with Crippen LogP contribution in [-0.2, 0) is 0 Å². The molecule has 3 nitrogen and oxygen atoms in total. The zero-order chi connectivity index (χ0) is 11.3. The number of hydrogen-bond acceptors (Lipinski definition) is 3. The molecule has 3 heteroatoms. The van der Waals surface area contributed by atoms with E-state index in [4.69, 9.17) is 5.11 Å². The van der Waals surface area contributed by atoms with Crippen molar-refractivity contribution in [2.24, 2.45) is 0 Å². The molecule has 0 heterocycles. The molecule has 0 spiro atoms. The minimum absolute atomic E-state index is 0.108. The van der Waals surface area contributed by atoms with Gasteiger partial charge >= 0.3 is 0 Å². The first kappa shape index (κ1) is 12.0. The molecule has 3 N–H and O–H groups in total. The van der Waals surface area contributed by atoms with E-state index >= 15 is 0 Å². The highest BCUT2D eigenvalue weighted by molar-refractivity contribution is 5.37. The molecule has 0 aliphatic rings. The van der Waals surface area contributed by atoms with Crippen LogP contribution in [0.15, 0.2) is 18.2 Å². The van der Waals surface area contributed by atoms with Gasteiger partial charge in [0, 0.05) is 18.2 Å². The van der Waals surface area contributed by atoms with Crippen LogP contribution in [0.5, 0.6) is 5.75 Å². The first-order chi connectivity index (χ1) is 7.15. The maximum atomic E-state index is 9.67. The third kappa shape index (κ3) is 3.53. The fraction of sp³-hybridized carbons (Fsp3) is 0.500. The van der Waals surface area contributed by atoms with Gasteiger partial charge in [0.15, 0.2) is 0 Å². The predicted octanol–water partition coefficient (Wildman–Crippen LogP) is 1.73. The van der Waals surface area contributed by atoms with E-state index in [2.05, 4.69) is 5.32 Å². The molecule has 0 amide bonds. The zero-order valence-electron chi connectivity index (χ0n) is 9.33. The Labute approximate surface area is 90.8 Å². The van der Waals surface area contributed by atoms with Crippen LogP contribution >= 0.6 is 0 Å². The molecule has 0 aliphatic heterocycles. The Bertz CT molecular complexity index is 312. The molecule has 15 heavy (non-hydrogen) atoms. The molecule has 0 radical (unpaired) electrons. The van der Waals surface area contributed by atoms with Crippen molar-refractivity contribution in [2.45, 2.75) is 26.3 Å². The highest BCUT2D eigenvalue weighted by atomic mass is 16.3. The normalized spacial score (nSPS) is 12.7. The number of aromatic hydroxyl groups is 1. The first-order valence-corrected chi connectivity index (χ1v) is 5.29. The fourth-order valence-electron chi connectivity index (χ4n) is 1.53. The Balaban J connectivity index is 2.64. The molecule has 1 atom stereocenters. The molecule has 1 aromatic carbocycles. The van der Waals surface area contributed by atoms with Gasteiger partial charge in [0.25, 0.3) is 0 Å².